The Kier molecular flexibility index (Phi) is 5.30. The summed E-state index contributed by atoms with van der Waals surface area (Å²) in [7, 11) is 0. The summed E-state index contributed by atoms with van der Waals surface area (Å²) in [6, 6.07) is 8.06. The predicted octanol–water partition coefficient (Wildman–Crippen LogP) is 4.36. The van der Waals surface area contributed by atoms with E-state index < -0.39 is 5.82 Å². The van der Waals surface area contributed by atoms with Crippen molar-refractivity contribution < 1.29 is 13.9 Å². The molecule has 3 rings (SSSR count). The predicted molar refractivity (Wildman–Crippen MR) is 89.4 cm³/mol. The molecular weight excluding hydrogens is 337 g/mol. The van der Waals surface area contributed by atoms with E-state index in [1.807, 2.05) is 17.5 Å². The van der Waals surface area contributed by atoms with E-state index in [9.17, 15) is 9.18 Å². The van der Waals surface area contributed by atoms with Gasteiger partial charge < -0.3 is 9.64 Å². The van der Waals surface area contributed by atoms with E-state index in [0.29, 0.717) is 13.1 Å². The molecule has 1 aliphatic rings. The number of halogens is 2. The smallest absolute Gasteiger partial charge is 0.257 e. The van der Waals surface area contributed by atoms with Gasteiger partial charge in [-0.05, 0) is 42.5 Å². The quantitative estimate of drug-likeness (QED) is 0.799. The van der Waals surface area contributed by atoms with Gasteiger partial charge >= 0.3 is 0 Å². The van der Waals surface area contributed by atoms with Crippen LogP contribution in [0.4, 0.5) is 4.39 Å². The zero-order chi connectivity index (χ0) is 16.2. The van der Waals surface area contributed by atoms with Crippen LogP contribution in [0.3, 0.4) is 0 Å². The van der Waals surface area contributed by atoms with E-state index in [1.165, 1.54) is 18.2 Å². The molecule has 2 heterocycles. The lowest BCUT2D eigenvalue weighted by atomic mass is 10.1. The molecule has 1 saturated heterocycles. The van der Waals surface area contributed by atoms with Crippen molar-refractivity contribution in [2.24, 2.45) is 0 Å². The van der Waals surface area contributed by atoms with Gasteiger partial charge in [-0.25, -0.2) is 4.39 Å². The number of ether oxygens (including phenoxy) is 1. The third-order valence-corrected chi connectivity index (χ3v) is 4.92. The molecule has 3 nitrogen and oxygen atoms in total. The highest BCUT2D eigenvalue weighted by Gasteiger charge is 2.25. The van der Waals surface area contributed by atoms with Crippen molar-refractivity contribution in [3.8, 4) is 0 Å². The lowest BCUT2D eigenvalue weighted by molar-refractivity contribution is 0.0506. The zero-order valence-electron chi connectivity index (χ0n) is 12.5. The number of carbonyl (C=O) groups excluding carboxylic acids is 1. The van der Waals surface area contributed by atoms with Gasteiger partial charge in [0, 0.05) is 23.1 Å². The van der Waals surface area contributed by atoms with E-state index in [1.54, 1.807) is 16.2 Å². The number of amides is 1. The fourth-order valence-corrected chi connectivity index (χ4v) is 3.56. The number of rotatable bonds is 5. The summed E-state index contributed by atoms with van der Waals surface area (Å²) in [5, 5.41) is 2.25. The van der Waals surface area contributed by atoms with E-state index in [0.717, 1.165) is 24.3 Å². The number of hydrogen-bond donors (Lipinski definition) is 0. The van der Waals surface area contributed by atoms with Crippen LogP contribution in [0, 0.1) is 5.82 Å². The van der Waals surface area contributed by atoms with Crippen LogP contribution in [0.2, 0.25) is 5.02 Å². The molecule has 2 aromatic rings. The van der Waals surface area contributed by atoms with Gasteiger partial charge in [0.25, 0.3) is 5.91 Å². The minimum atomic E-state index is -0.592. The first-order valence-corrected chi connectivity index (χ1v) is 8.77. The maximum atomic E-state index is 14.1. The van der Waals surface area contributed by atoms with Crippen LogP contribution in [-0.2, 0) is 11.3 Å². The van der Waals surface area contributed by atoms with Crippen LogP contribution < -0.4 is 0 Å². The Bertz CT molecular complexity index is 671. The molecule has 23 heavy (non-hydrogen) atoms. The molecule has 0 N–H and O–H groups in total. The highest BCUT2D eigenvalue weighted by molar-refractivity contribution is 7.09. The number of thiophene rings is 1. The van der Waals surface area contributed by atoms with Crippen LogP contribution in [0.15, 0.2) is 35.7 Å². The van der Waals surface area contributed by atoms with Crippen molar-refractivity contribution in [1.82, 2.24) is 4.90 Å². The lowest BCUT2D eigenvalue weighted by Crippen LogP contribution is -2.37. The molecule has 122 valence electrons. The molecule has 1 fully saturated rings. The Labute approximate surface area is 143 Å². The van der Waals surface area contributed by atoms with Crippen LogP contribution >= 0.6 is 22.9 Å². The number of benzene rings is 1. The van der Waals surface area contributed by atoms with Gasteiger partial charge in [-0.15, -0.1) is 11.3 Å². The second-order valence-electron chi connectivity index (χ2n) is 5.52. The first kappa shape index (κ1) is 16.4. The highest BCUT2D eigenvalue weighted by Crippen LogP contribution is 2.21. The third-order valence-electron chi connectivity index (χ3n) is 3.82. The van der Waals surface area contributed by atoms with Gasteiger partial charge in [-0.1, -0.05) is 17.7 Å². The molecule has 1 amide bonds. The molecule has 1 atom stereocenters. The average molecular weight is 354 g/mol. The van der Waals surface area contributed by atoms with Gasteiger partial charge in [0.05, 0.1) is 18.2 Å². The zero-order valence-corrected chi connectivity index (χ0v) is 14.1. The van der Waals surface area contributed by atoms with Crippen molar-refractivity contribution in [2.75, 3.05) is 13.2 Å². The summed E-state index contributed by atoms with van der Waals surface area (Å²) in [5.74, 6) is -0.922. The summed E-state index contributed by atoms with van der Waals surface area (Å²) < 4.78 is 19.7. The third kappa shape index (κ3) is 4.10. The molecule has 0 radical (unpaired) electrons. The molecule has 0 spiro atoms. The lowest BCUT2D eigenvalue weighted by Gasteiger charge is -2.25. The number of carbonyl (C=O) groups is 1. The number of nitrogens with zero attached hydrogens (tertiary/aromatic N) is 1. The van der Waals surface area contributed by atoms with Gasteiger partial charge in [0.15, 0.2) is 0 Å². The maximum Gasteiger partial charge on any atom is 0.257 e. The van der Waals surface area contributed by atoms with Crippen LogP contribution in [0.25, 0.3) is 0 Å². The molecule has 1 aliphatic heterocycles. The molecule has 0 aliphatic carbocycles. The Morgan fingerprint density at radius 2 is 2.30 bits per heavy atom. The fraction of sp³-hybridized carbons (Fsp3) is 0.353. The van der Waals surface area contributed by atoms with Gasteiger partial charge in [0.2, 0.25) is 0 Å². The summed E-state index contributed by atoms with van der Waals surface area (Å²) in [5.41, 5.74) is 0.0453. The SMILES string of the molecule is O=C(c1ccc(Cl)cc1F)N(Cc1cccs1)C[C@H]1CCCO1. The highest BCUT2D eigenvalue weighted by atomic mass is 35.5. The van der Waals surface area contributed by atoms with Crippen LogP contribution in [0.5, 0.6) is 0 Å². The largest absolute Gasteiger partial charge is 0.376 e. The Morgan fingerprint density at radius 3 is 2.96 bits per heavy atom. The first-order valence-electron chi connectivity index (χ1n) is 7.52. The average Bonchev–Trinajstić information content (AvgIpc) is 3.19. The molecule has 0 saturated carbocycles. The van der Waals surface area contributed by atoms with Crippen molar-refractivity contribution in [3.05, 3.63) is 57.0 Å². The topological polar surface area (TPSA) is 29.5 Å². The van der Waals surface area contributed by atoms with Crippen LogP contribution in [-0.4, -0.2) is 30.1 Å². The minimum absolute atomic E-state index is 0.0225. The molecule has 1 aromatic carbocycles. The fourth-order valence-electron chi connectivity index (χ4n) is 2.68. The summed E-state index contributed by atoms with van der Waals surface area (Å²) >= 11 is 7.35. The Morgan fingerprint density at radius 1 is 1.43 bits per heavy atom. The van der Waals surface area contributed by atoms with Gasteiger partial charge in [-0.2, -0.15) is 0 Å². The van der Waals surface area contributed by atoms with E-state index in [2.05, 4.69) is 0 Å². The summed E-state index contributed by atoms with van der Waals surface area (Å²) in [6.07, 6.45) is 1.95. The molecule has 0 unspecified atom stereocenters. The normalized spacial score (nSPS) is 17.4. The summed E-state index contributed by atoms with van der Waals surface area (Å²) in [4.78, 5) is 15.5. The van der Waals surface area contributed by atoms with Gasteiger partial charge in [-0.3, -0.25) is 4.79 Å². The van der Waals surface area contributed by atoms with Gasteiger partial charge in [0.1, 0.15) is 5.82 Å². The second-order valence-corrected chi connectivity index (χ2v) is 6.99. The van der Waals surface area contributed by atoms with Crippen molar-refractivity contribution >= 4 is 28.8 Å². The molecule has 0 bridgehead atoms. The Balaban J connectivity index is 1.81. The minimum Gasteiger partial charge on any atom is -0.376 e. The van der Waals surface area contributed by atoms with Crippen molar-refractivity contribution in [1.29, 1.82) is 0 Å². The molecule has 1 aromatic heterocycles. The Hall–Kier alpha value is -1.43. The first-order chi connectivity index (χ1) is 11.1. The van der Waals surface area contributed by atoms with E-state index in [-0.39, 0.29) is 22.6 Å². The standard InChI is InChI=1S/C17H17ClFNO2S/c18-12-5-6-15(16(19)9-12)17(21)20(10-13-3-1-7-22-13)11-14-4-2-8-23-14/h2,4-6,8-9,13H,1,3,7,10-11H2/t13-/m1/s1. The monoisotopic (exact) mass is 353 g/mol. The summed E-state index contributed by atoms with van der Waals surface area (Å²) in [6.45, 7) is 1.65. The van der Waals surface area contributed by atoms with E-state index in [4.69, 9.17) is 16.3 Å². The number of hydrogen-bond acceptors (Lipinski definition) is 3. The maximum absolute atomic E-state index is 14.1. The van der Waals surface area contributed by atoms with Crippen LogP contribution in [0.1, 0.15) is 28.1 Å². The van der Waals surface area contributed by atoms with Crippen molar-refractivity contribution in [2.45, 2.75) is 25.5 Å². The molecule has 6 heteroatoms. The van der Waals surface area contributed by atoms with E-state index >= 15 is 0 Å². The molecular formula is C17H17ClFNO2S. The second kappa shape index (κ2) is 7.43. The van der Waals surface area contributed by atoms with Crippen molar-refractivity contribution in [3.63, 3.8) is 0 Å².